The van der Waals surface area contributed by atoms with Gasteiger partial charge in [0.25, 0.3) is 0 Å². The number of benzene rings is 1. The Labute approximate surface area is 123 Å². The highest BCUT2D eigenvalue weighted by molar-refractivity contribution is 5.16. The summed E-state index contributed by atoms with van der Waals surface area (Å²) in [6.07, 6.45) is 6.00. The second-order valence-corrected chi connectivity index (χ2v) is 5.37. The Kier molecular flexibility index (Phi) is 4.40. The molecule has 1 saturated heterocycles. The van der Waals surface area contributed by atoms with Crippen molar-refractivity contribution < 1.29 is 9.13 Å². The topological polar surface area (TPSA) is 38.2 Å². The van der Waals surface area contributed by atoms with Gasteiger partial charge in [0.15, 0.2) is 0 Å². The number of hydrogen-bond donors (Lipinski definition) is 0. The van der Waals surface area contributed by atoms with Gasteiger partial charge in [-0.2, -0.15) is 0 Å². The standard InChI is InChI=1S/C16H18FN3O/c17-15-3-1-13(2-4-15)10-20-8-5-14(11-20)12-21-16-9-18-6-7-19-16/h1-4,6-7,9,14H,5,8,10-12H2. The van der Waals surface area contributed by atoms with Crippen molar-refractivity contribution in [2.24, 2.45) is 5.92 Å². The number of aromatic nitrogens is 2. The zero-order chi connectivity index (χ0) is 14.5. The van der Waals surface area contributed by atoms with E-state index in [1.165, 1.54) is 12.1 Å². The predicted octanol–water partition coefficient (Wildman–Crippen LogP) is 2.52. The molecule has 0 saturated carbocycles. The van der Waals surface area contributed by atoms with E-state index in [1.54, 1.807) is 18.6 Å². The largest absolute Gasteiger partial charge is 0.476 e. The van der Waals surface area contributed by atoms with Crippen molar-refractivity contribution in [2.45, 2.75) is 13.0 Å². The van der Waals surface area contributed by atoms with E-state index >= 15 is 0 Å². The number of hydrogen-bond acceptors (Lipinski definition) is 4. The summed E-state index contributed by atoms with van der Waals surface area (Å²) >= 11 is 0. The number of rotatable bonds is 5. The van der Waals surface area contributed by atoms with Gasteiger partial charge in [0, 0.05) is 31.4 Å². The highest BCUT2D eigenvalue weighted by atomic mass is 19.1. The van der Waals surface area contributed by atoms with Gasteiger partial charge >= 0.3 is 0 Å². The van der Waals surface area contributed by atoms with Crippen LogP contribution >= 0.6 is 0 Å². The van der Waals surface area contributed by atoms with E-state index in [2.05, 4.69) is 14.9 Å². The van der Waals surface area contributed by atoms with Crippen LogP contribution in [-0.4, -0.2) is 34.6 Å². The molecule has 0 N–H and O–H groups in total. The Balaban J connectivity index is 1.46. The third-order valence-electron chi connectivity index (χ3n) is 3.70. The zero-order valence-corrected chi connectivity index (χ0v) is 11.8. The summed E-state index contributed by atoms with van der Waals surface area (Å²) in [7, 11) is 0. The lowest BCUT2D eigenvalue weighted by molar-refractivity contribution is 0.231. The van der Waals surface area contributed by atoms with E-state index in [9.17, 15) is 4.39 Å². The number of halogens is 1. The second-order valence-electron chi connectivity index (χ2n) is 5.37. The maximum absolute atomic E-state index is 12.9. The minimum Gasteiger partial charge on any atom is -0.476 e. The smallest absolute Gasteiger partial charge is 0.232 e. The SMILES string of the molecule is Fc1ccc(CN2CCC(COc3cnccn3)C2)cc1. The van der Waals surface area contributed by atoms with Crippen molar-refractivity contribution in [3.8, 4) is 5.88 Å². The molecule has 110 valence electrons. The van der Waals surface area contributed by atoms with Crippen molar-refractivity contribution in [1.82, 2.24) is 14.9 Å². The normalized spacial score (nSPS) is 18.8. The molecule has 3 rings (SSSR count). The quantitative estimate of drug-likeness (QED) is 0.847. The van der Waals surface area contributed by atoms with Gasteiger partial charge in [0.2, 0.25) is 5.88 Å². The fraction of sp³-hybridized carbons (Fsp3) is 0.375. The molecule has 0 amide bonds. The van der Waals surface area contributed by atoms with E-state index in [4.69, 9.17) is 4.74 Å². The summed E-state index contributed by atoms with van der Waals surface area (Å²) < 4.78 is 18.5. The molecular formula is C16H18FN3O. The van der Waals surface area contributed by atoms with E-state index < -0.39 is 0 Å². The summed E-state index contributed by atoms with van der Waals surface area (Å²) in [5, 5.41) is 0. The molecule has 2 heterocycles. The van der Waals surface area contributed by atoms with Gasteiger partial charge in [0.05, 0.1) is 12.8 Å². The third kappa shape index (κ3) is 3.98. The minimum atomic E-state index is -0.185. The van der Waals surface area contributed by atoms with Crippen LogP contribution < -0.4 is 4.74 Å². The Morgan fingerprint density at radius 1 is 1.24 bits per heavy atom. The summed E-state index contributed by atoms with van der Waals surface area (Å²) in [5.41, 5.74) is 1.15. The molecule has 1 atom stereocenters. The molecule has 5 heteroatoms. The summed E-state index contributed by atoms with van der Waals surface area (Å²) in [6.45, 7) is 3.57. The Morgan fingerprint density at radius 2 is 2.10 bits per heavy atom. The maximum Gasteiger partial charge on any atom is 0.232 e. The van der Waals surface area contributed by atoms with Crippen molar-refractivity contribution in [1.29, 1.82) is 0 Å². The van der Waals surface area contributed by atoms with Gasteiger partial charge in [-0.1, -0.05) is 12.1 Å². The molecule has 1 fully saturated rings. The van der Waals surface area contributed by atoms with Crippen LogP contribution in [0.3, 0.4) is 0 Å². The van der Waals surface area contributed by atoms with E-state index in [1.807, 2.05) is 12.1 Å². The molecule has 1 aromatic carbocycles. The Hall–Kier alpha value is -2.01. The van der Waals surface area contributed by atoms with Gasteiger partial charge in [-0.15, -0.1) is 0 Å². The maximum atomic E-state index is 12.9. The zero-order valence-electron chi connectivity index (χ0n) is 11.8. The first kappa shape index (κ1) is 13.9. The number of ether oxygens (including phenoxy) is 1. The van der Waals surface area contributed by atoms with Crippen LogP contribution in [0.1, 0.15) is 12.0 Å². The Morgan fingerprint density at radius 3 is 2.86 bits per heavy atom. The molecule has 21 heavy (non-hydrogen) atoms. The first-order chi connectivity index (χ1) is 10.3. The molecule has 0 spiro atoms. The summed E-state index contributed by atoms with van der Waals surface area (Å²) in [4.78, 5) is 10.5. The molecular weight excluding hydrogens is 269 g/mol. The average Bonchev–Trinajstić information content (AvgIpc) is 2.96. The predicted molar refractivity (Wildman–Crippen MR) is 77.3 cm³/mol. The van der Waals surface area contributed by atoms with Crippen LogP contribution in [0.4, 0.5) is 4.39 Å². The fourth-order valence-corrected chi connectivity index (χ4v) is 2.60. The lowest BCUT2D eigenvalue weighted by Gasteiger charge is -2.16. The summed E-state index contributed by atoms with van der Waals surface area (Å²) in [5.74, 6) is 0.900. The molecule has 0 radical (unpaired) electrons. The van der Waals surface area contributed by atoms with Crippen molar-refractivity contribution >= 4 is 0 Å². The van der Waals surface area contributed by atoms with E-state index in [0.717, 1.165) is 31.6 Å². The van der Waals surface area contributed by atoms with Gasteiger partial charge in [-0.3, -0.25) is 9.88 Å². The Bertz CT molecular complexity index is 561. The van der Waals surface area contributed by atoms with Crippen LogP contribution in [-0.2, 0) is 6.54 Å². The van der Waals surface area contributed by atoms with Crippen molar-refractivity contribution in [3.05, 3.63) is 54.2 Å². The molecule has 4 nitrogen and oxygen atoms in total. The monoisotopic (exact) mass is 287 g/mol. The van der Waals surface area contributed by atoms with Gasteiger partial charge in [-0.25, -0.2) is 9.37 Å². The lowest BCUT2D eigenvalue weighted by atomic mass is 10.1. The lowest BCUT2D eigenvalue weighted by Crippen LogP contribution is -2.22. The van der Waals surface area contributed by atoms with Crippen LogP contribution in [0.2, 0.25) is 0 Å². The van der Waals surface area contributed by atoms with E-state index in [-0.39, 0.29) is 5.82 Å². The van der Waals surface area contributed by atoms with Crippen molar-refractivity contribution in [3.63, 3.8) is 0 Å². The van der Waals surface area contributed by atoms with Gasteiger partial charge < -0.3 is 4.74 Å². The minimum absolute atomic E-state index is 0.185. The molecule has 1 aromatic heterocycles. The number of likely N-dealkylation sites (tertiary alicyclic amines) is 1. The third-order valence-corrected chi connectivity index (χ3v) is 3.70. The highest BCUT2D eigenvalue weighted by Gasteiger charge is 2.23. The van der Waals surface area contributed by atoms with E-state index in [0.29, 0.717) is 18.4 Å². The van der Waals surface area contributed by atoms with Gasteiger partial charge in [0.1, 0.15) is 5.82 Å². The molecule has 1 unspecified atom stereocenters. The molecule has 1 aliphatic rings. The van der Waals surface area contributed by atoms with Crippen molar-refractivity contribution in [2.75, 3.05) is 19.7 Å². The van der Waals surface area contributed by atoms with Crippen LogP contribution in [0, 0.1) is 11.7 Å². The van der Waals surface area contributed by atoms with Gasteiger partial charge in [-0.05, 0) is 30.7 Å². The average molecular weight is 287 g/mol. The molecule has 1 aliphatic heterocycles. The summed E-state index contributed by atoms with van der Waals surface area (Å²) in [6, 6.07) is 6.72. The molecule has 2 aromatic rings. The molecule has 0 aliphatic carbocycles. The molecule has 0 bridgehead atoms. The highest BCUT2D eigenvalue weighted by Crippen LogP contribution is 2.19. The fourth-order valence-electron chi connectivity index (χ4n) is 2.60. The van der Waals surface area contributed by atoms with Crippen LogP contribution in [0.25, 0.3) is 0 Å². The second kappa shape index (κ2) is 6.63. The van der Waals surface area contributed by atoms with Crippen LogP contribution in [0.5, 0.6) is 5.88 Å². The first-order valence-electron chi connectivity index (χ1n) is 7.15. The first-order valence-corrected chi connectivity index (χ1v) is 7.15. The van der Waals surface area contributed by atoms with Crippen LogP contribution in [0.15, 0.2) is 42.9 Å². The number of nitrogens with zero attached hydrogens (tertiary/aromatic N) is 3.